The maximum Gasteiger partial charge on any atom is 0.499 e. The van der Waals surface area contributed by atoms with E-state index in [0.717, 1.165) is 6.29 Å². The van der Waals surface area contributed by atoms with Gasteiger partial charge in [-0.2, -0.15) is 0 Å². The Morgan fingerprint density at radius 3 is 2.22 bits per heavy atom. The molecule has 0 atom stereocenters. The fourth-order valence-electron chi connectivity index (χ4n) is 3.03. The standard InChI is InChI=1S/C20H29BO6/c1-18(2)19(3,4)27-21(26-18)17-15(10-22)8-7-9-16(17)23-11-14-12-24-20(5,6)25-13-14/h7-10,14H,11-13H2,1-6H3. The van der Waals surface area contributed by atoms with Crippen LogP contribution in [-0.4, -0.2) is 50.2 Å². The summed E-state index contributed by atoms with van der Waals surface area (Å²) in [5.41, 5.74) is 0.135. The third-order valence-corrected chi connectivity index (χ3v) is 5.52. The number of carbonyl (C=O) groups excluding carboxylic acids is 1. The van der Waals surface area contributed by atoms with E-state index >= 15 is 0 Å². The quantitative estimate of drug-likeness (QED) is 0.582. The van der Waals surface area contributed by atoms with Gasteiger partial charge >= 0.3 is 7.12 Å². The predicted octanol–water partition coefficient (Wildman–Crippen LogP) is 2.58. The number of aldehydes is 1. The summed E-state index contributed by atoms with van der Waals surface area (Å²) in [6.07, 6.45) is 0.808. The van der Waals surface area contributed by atoms with Crippen molar-refractivity contribution in [3.8, 4) is 5.75 Å². The zero-order valence-electron chi connectivity index (χ0n) is 17.0. The highest BCUT2D eigenvalue weighted by Crippen LogP contribution is 2.37. The topological polar surface area (TPSA) is 63.2 Å². The lowest BCUT2D eigenvalue weighted by Crippen LogP contribution is -2.42. The van der Waals surface area contributed by atoms with Gasteiger partial charge in [0, 0.05) is 16.9 Å². The third-order valence-electron chi connectivity index (χ3n) is 5.52. The first-order valence-electron chi connectivity index (χ1n) is 9.39. The number of carbonyl (C=O) groups is 1. The molecule has 0 aliphatic carbocycles. The molecule has 1 aromatic carbocycles. The summed E-state index contributed by atoms with van der Waals surface area (Å²) in [4.78, 5) is 11.6. The highest BCUT2D eigenvalue weighted by Gasteiger charge is 2.53. The summed E-state index contributed by atoms with van der Waals surface area (Å²) in [6.45, 7) is 13.3. The van der Waals surface area contributed by atoms with Crippen LogP contribution in [0.25, 0.3) is 0 Å². The normalized spacial score (nSPS) is 24.0. The van der Waals surface area contributed by atoms with Crippen molar-refractivity contribution in [1.82, 2.24) is 0 Å². The average molecular weight is 376 g/mol. The minimum atomic E-state index is -0.663. The van der Waals surface area contributed by atoms with E-state index in [9.17, 15) is 4.79 Å². The van der Waals surface area contributed by atoms with E-state index < -0.39 is 24.1 Å². The second kappa shape index (κ2) is 7.20. The molecule has 6 nitrogen and oxygen atoms in total. The van der Waals surface area contributed by atoms with E-state index in [1.54, 1.807) is 12.1 Å². The van der Waals surface area contributed by atoms with Crippen molar-refractivity contribution < 1.29 is 28.3 Å². The van der Waals surface area contributed by atoms with Crippen molar-refractivity contribution in [2.45, 2.75) is 58.5 Å². The van der Waals surface area contributed by atoms with Crippen LogP contribution in [0.15, 0.2) is 18.2 Å². The smallest absolute Gasteiger partial charge is 0.493 e. The lowest BCUT2D eigenvalue weighted by molar-refractivity contribution is -0.264. The van der Waals surface area contributed by atoms with Gasteiger partial charge in [-0.25, -0.2) is 0 Å². The van der Waals surface area contributed by atoms with Crippen molar-refractivity contribution in [1.29, 1.82) is 0 Å². The monoisotopic (exact) mass is 376 g/mol. The molecule has 0 saturated carbocycles. The van der Waals surface area contributed by atoms with Gasteiger partial charge in [0.05, 0.1) is 31.0 Å². The molecular formula is C20H29BO6. The molecule has 2 fully saturated rings. The van der Waals surface area contributed by atoms with Crippen molar-refractivity contribution >= 4 is 18.9 Å². The SMILES string of the molecule is CC1(C)OCC(COc2cccc(C=O)c2B2OC(C)(C)C(C)(C)O2)CO1. The molecule has 0 bridgehead atoms. The summed E-state index contributed by atoms with van der Waals surface area (Å²) < 4.78 is 29.7. The Hall–Kier alpha value is -1.41. The Bertz CT molecular complexity index is 674. The number of hydrogen-bond donors (Lipinski definition) is 0. The van der Waals surface area contributed by atoms with Gasteiger partial charge in [-0.15, -0.1) is 0 Å². The second-order valence-electron chi connectivity index (χ2n) is 8.66. The van der Waals surface area contributed by atoms with Gasteiger partial charge in [0.2, 0.25) is 0 Å². The first-order valence-corrected chi connectivity index (χ1v) is 9.39. The maximum atomic E-state index is 11.6. The third kappa shape index (κ3) is 4.21. The molecule has 1 aromatic rings. The summed E-state index contributed by atoms with van der Waals surface area (Å²) in [5.74, 6) is 0.147. The van der Waals surface area contributed by atoms with Gasteiger partial charge in [0.15, 0.2) is 5.79 Å². The molecule has 2 aliphatic rings. The van der Waals surface area contributed by atoms with Gasteiger partial charge in [-0.05, 0) is 47.6 Å². The Morgan fingerprint density at radius 1 is 1.07 bits per heavy atom. The van der Waals surface area contributed by atoms with Crippen LogP contribution in [0.2, 0.25) is 0 Å². The zero-order valence-corrected chi connectivity index (χ0v) is 17.0. The molecule has 3 rings (SSSR count). The zero-order chi connectivity index (χ0) is 19.9. The molecule has 7 heteroatoms. The lowest BCUT2D eigenvalue weighted by Gasteiger charge is -2.34. The van der Waals surface area contributed by atoms with Crippen LogP contribution >= 0.6 is 0 Å². The van der Waals surface area contributed by atoms with E-state index in [2.05, 4.69) is 0 Å². The molecule has 0 radical (unpaired) electrons. The minimum absolute atomic E-state index is 0.115. The van der Waals surface area contributed by atoms with Crippen LogP contribution in [0.3, 0.4) is 0 Å². The first kappa shape index (κ1) is 20.3. The van der Waals surface area contributed by atoms with Crippen LogP contribution in [0.4, 0.5) is 0 Å². The number of benzene rings is 1. The molecule has 0 spiro atoms. The summed E-state index contributed by atoms with van der Waals surface area (Å²) in [5, 5.41) is 0. The Balaban J connectivity index is 1.78. The second-order valence-corrected chi connectivity index (χ2v) is 8.66. The van der Waals surface area contributed by atoms with Crippen LogP contribution < -0.4 is 10.2 Å². The van der Waals surface area contributed by atoms with Crippen molar-refractivity contribution in [2.75, 3.05) is 19.8 Å². The lowest BCUT2D eigenvalue weighted by atomic mass is 9.75. The Kier molecular flexibility index (Phi) is 5.43. The number of ether oxygens (including phenoxy) is 3. The largest absolute Gasteiger partial charge is 0.499 e. The Morgan fingerprint density at radius 2 is 1.67 bits per heavy atom. The number of rotatable bonds is 5. The fourth-order valence-corrected chi connectivity index (χ4v) is 3.03. The van der Waals surface area contributed by atoms with Crippen LogP contribution in [-0.2, 0) is 18.8 Å². The van der Waals surface area contributed by atoms with Crippen LogP contribution in [0.5, 0.6) is 5.75 Å². The summed E-state index contributed by atoms with van der Waals surface area (Å²) >= 11 is 0. The minimum Gasteiger partial charge on any atom is -0.493 e. The highest BCUT2D eigenvalue weighted by atomic mass is 16.7. The van der Waals surface area contributed by atoms with E-state index in [1.807, 2.05) is 47.6 Å². The molecule has 2 saturated heterocycles. The molecule has 27 heavy (non-hydrogen) atoms. The predicted molar refractivity (Wildman–Crippen MR) is 103 cm³/mol. The molecule has 0 N–H and O–H groups in total. The maximum absolute atomic E-state index is 11.6. The molecular weight excluding hydrogens is 347 g/mol. The van der Waals surface area contributed by atoms with Crippen molar-refractivity contribution in [3.63, 3.8) is 0 Å². The van der Waals surface area contributed by atoms with E-state index in [4.69, 9.17) is 23.5 Å². The summed E-state index contributed by atoms with van der Waals surface area (Å²) in [7, 11) is -0.663. The van der Waals surface area contributed by atoms with Gasteiger partial charge < -0.3 is 23.5 Å². The summed E-state index contributed by atoms with van der Waals surface area (Å²) in [6, 6.07) is 5.38. The first-order chi connectivity index (χ1) is 12.5. The molecule has 148 valence electrons. The van der Waals surface area contributed by atoms with E-state index in [0.29, 0.717) is 36.6 Å². The van der Waals surface area contributed by atoms with E-state index in [1.165, 1.54) is 0 Å². The molecule has 2 heterocycles. The highest BCUT2D eigenvalue weighted by molar-refractivity contribution is 6.64. The van der Waals surface area contributed by atoms with Crippen molar-refractivity contribution in [3.05, 3.63) is 23.8 Å². The van der Waals surface area contributed by atoms with Gasteiger partial charge in [0.25, 0.3) is 0 Å². The fraction of sp³-hybridized carbons (Fsp3) is 0.650. The van der Waals surface area contributed by atoms with Crippen LogP contribution in [0, 0.1) is 5.92 Å². The molecule has 0 aromatic heterocycles. The number of hydrogen-bond acceptors (Lipinski definition) is 6. The van der Waals surface area contributed by atoms with Crippen molar-refractivity contribution in [2.24, 2.45) is 5.92 Å². The molecule has 0 amide bonds. The Labute approximate surface area is 161 Å². The van der Waals surface area contributed by atoms with Gasteiger partial charge in [-0.1, -0.05) is 12.1 Å². The van der Waals surface area contributed by atoms with Gasteiger partial charge in [0.1, 0.15) is 12.0 Å². The molecule has 0 unspecified atom stereocenters. The average Bonchev–Trinajstić information content (AvgIpc) is 2.81. The molecule has 2 aliphatic heterocycles. The van der Waals surface area contributed by atoms with Crippen LogP contribution in [0.1, 0.15) is 51.9 Å². The van der Waals surface area contributed by atoms with Gasteiger partial charge in [-0.3, -0.25) is 4.79 Å². The van der Waals surface area contributed by atoms with E-state index in [-0.39, 0.29) is 5.92 Å².